The molecule has 2 aromatic carbocycles. The lowest BCUT2D eigenvalue weighted by atomic mass is 10.0. The number of thiophene rings is 1. The Labute approximate surface area is 221 Å². The molecule has 0 radical (unpaired) electrons. The quantitative estimate of drug-likeness (QED) is 0.298. The van der Waals surface area contributed by atoms with E-state index in [1.165, 1.54) is 24.3 Å². The third-order valence-electron chi connectivity index (χ3n) is 6.36. The van der Waals surface area contributed by atoms with Crippen LogP contribution in [0.2, 0.25) is 0 Å². The lowest BCUT2D eigenvalue weighted by Crippen LogP contribution is -2.47. The zero-order valence-corrected chi connectivity index (χ0v) is 21.2. The summed E-state index contributed by atoms with van der Waals surface area (Å²) in [5, 5.41) is 17.4. The maximum Gasteiger partial charge on any atom is 0.573 e. The highest BCUT2D eigenvalue weighted by Gasteiger charge is 2.31. The summed E-state index contributed by atoms with van der Waals surface area (Å²) < 4.78 is 46.8. The SMILES string of the molecule is OC(COc1ccc(OC(F)(F)F)cc1)CN(c1ncnc2scc(-c3ccccc3)c12)C1CCNCC1. The van der Waals surface area contributed by atoms with Crippen LogP contribution in [0.4, 0.5) is 19.0 Å². The lowest BCUT2D eigenvalue weighted by molar-refractivity contribution is -0.274. The molecule has 1 aliphatic rings. The summed E-state index contributed by atoms with van der Waals surface area (Å²) in [7, 11) is 0. The average Bonchev–Trinajstić information content (AvgIpc) is 3.36. The Morgan fingerprint density at radius 2 is 1.74 bits per heavy atom. The number of hydrogen-bond donors (Lipinski definition) is 2. The van der Waals surface area contributed by atoms with Gasteiger partial charge in [-0.25, -0.2) is 9.97 Å². The van der Waals surface area contributed by atoms with Gasteiger partial charge in [-0.2, -0.15) is 0 Å². The van der Waals surface area contributed by atoms with Gasteiger partial charge in [-0.3, -0.25) is 0 Å². The van der Waals surface area contributed by atoms with E-state index in [9.17, 15) is 18.3 Å². The number of rotatable bonds is 9. The molecule has 1 saturated heterocycles. The van der Waals surface area contributed by atoms with Gasteiger partial charge in [0.2, 0.25) is 0 Å². The van der Waals surface area contributed by atoms with Gasteiger partial charge in [0.15, 0.2) is 0 Å². The normalized spacial score (nSPS) is 15.4. The Hall–Kier alpha value is -3.41. The first-order valence-corrected chi connectivity index (χ1v) is 13.2. The topological polar surface area (TPSA) is 79.7 Å². The molecule has 0 spiro atoms. The van der Waals surface area contributed by atoms with Crippen LogP contribution in [-0.2, 0) is 0 Å². The molecule has 1 aliphatic heterocycles. The summed E-state index contributed by atoms with van der Waals surface area (Å²) in [6.45, 7) is 1.97. The monoisotopic (exact) mass is 544 g/mol. The standard InChI is InChI=1S/C27H27F3N4O3S/c28-27(29,30)37-22-8-6-21(7-9-22)36-15-20(35)14-34(19-10-12-31-13-11-19)25-24-23(18-4-2-1-3-5-18)16-38-26(24)33-17-32-25/h1-9,16-17,19-20,31,35H,10-15H2. The second-order valence-electron chi connectivity index (χ2n) is 9.01. The zero-order chi connectivity index (χ0) is 26.5. The minimum Gasteiger partial charge on any atom is -0.491 e. The number of benzene rings is 2. The smallest absolute Gasteiger partial charge is 0.491 e. The Bertz CT molecular complexity index is 1330. The van der Waals surface area contributed by atoms with Crippen LogP contribution in [0, 0.1) is 0 Å². The van der Waals surface area contributed by atoms with Crippen LogP contribution in [0.1, 0.15) is 12.8 Å². The van der Waals surface area contributed by atoms with Crippen LogP contribution in [0.25, 0.3) is 21.3 Å². The summed E-state index contributed by atoms with van der Waals surface area (Å²) in [5.41, 5.74) is 2.12. The fourth-order valence-electron chi connectivity index (χ4n) is 4.64. The predicted octanol–water partition coefficient (Wildman–Crippen LogP) is 5.26. The molecule has 0 amide bonds. The number of anilines is 1. The number of nitrogens with one attached hydrogen (secondary N) is 1. The Morgan fingerprint density at radius 3 is 2.45 bits per heavy atom. The maximum atomic E-state index is 12.4. The molecule has 7 nitrogen and oxygen atoms in total. The van der Waals surface area contributed by atoms with Crippen molar-refractivity contribution < 1.29 is 27.8 Å². The number of alkyl halides is 3. The highest BCUT2D eigenvalue weighted by atomic mass is 32.1. The first-order valence-electron chi connectivity index (χ1n) is 12.3. The van der Waals surface area contributed by atoms with E-state index in [1.54, 1.807) is 17.7 Å². The van der Waals surface area contributed by atoms with Gasteiger partial charge in [0.25, 0.3) is 0 Å². The molecule has 200 valence electrons. The minimum atomic E-state index is -4.76. The van der Waals surface area contributed by atoms with Gasteiger partial charge in [-0.1, -0.05) is 30.3 Å². The van der Waals surface area contributed by atoms with Crippen molar-refractivity contribution in [3.05, 3.63) is 66.3 Å². The Morgan fingerprint density at radius 1 is 1.03 bits per heavy atom. The number of hydrogen-bond acceptors (Lipinski definition) is 8. The molecule has 0 saturated carbocycles. The van der Waals surface area contributed by atoms with Crippen molar-refractivity contribution >= 4 is 27.4 Å². The van der Waals surface area contributed by atoms with Gasteiger partial charge in [0, 0.05) is 23.5 Å². The molecule has 5 rings (SSSR count). The van der Waals surface area contributed by atoms with Crippen LogP contribution < -0.4 is 19.7 Å². The summed E-state index contributed by atoms with van der Waals surface area (Å²) in [6.07, 6.45) is -2.29. The predicted molar refractivity (Wildman–Crippen MR) is 141 cm³/mol. The second-order valence-corrected chi connectivity index (χ2v) is 9.87. The van der Waals surface area contributed by atoms with E-state index in [4.69, 9.17) is 9.72 Å². The molecule has 38 heavy (non-hydrogen) atoms. The molecule has 0 aliphatic carbocycles. The van der Waals surface area contributed by atoms with E-state index in [0.29, 0.717) is 5.75 Å². The van der Waals surface area contributed by atoms with Gasteiger partial charge in [0.05, 0.1) is 5.39 Å². The van der Waals surface area contributed by atoms with E-state index in [0.717, 1.165) is 53.1 Å². The molecule has 0 bridgehead atoms. The lowest BCUT2D eigenvalue weighted by Gasteiger charge is -2.37. The van der Waals surface area contributed by atoms with Gasteiger partial charge in [-0.05, 0) is 55.8 Å². The third-order valence-corrected chi connectivity index (χ3v) is 7.25. The van der Waals surface area contributed by atoms with E-state index in [2.05, 4.69) is 37.5 Å². The van der Waals surface area contributed by atoms with Crippen molar-refractivity contribution in [2.75, 3.05) is 31.1 Å². The van der Waals surface area contributed by atoms with E-state index < -0.39 is 12.5 Å². The highest BCUT2D eigenvalue weighted by Crippen LogP contribution is 2.39. The van der Waals surface area contributed by atoms with E-state index in [-0.39, 0.29) is 24.9 Å². The molecular weight excluding hydrogens is 517 g/mol. The van der Waals surface area contributed by atoms with Crippen LogP contribution in [0.3, 0.4) is 0 Å². The number of aromatic nitrogens is 2. The van der Waals surface area contributed by atoms with Gasteiger partial charge in [-0.15, -0.1) is 24.5 Å². The molecule has 3 heterocycles. The van der Waals surface area contributed by atoms with Crippen molar-refractivity contribution in [3.8, 4) is 22.6 Å². The van der Waals surface area contributed by atoms with Crippen molar-refractivity contribution in [3.63, 3.8) is 0 Å². The first-order chi connectivity index (χ1) is 18.4. The zero-order valence-electron chi connectivity index (χ0n) is 20.4. The van der Waals surface area contributed by atoms with Crippen LogP contribution >= 0.6 is 11.3 Å². The molecule has 1 fully saturated rings. The first kappa shape index (κ1) is 26.2. The highest BCUT2D eigenvalue weighted by molar-refractivity contribution is 7.17. The number of piperidine rings is 1. The minimum absolute atomic E-state index is 0.0374. The molecule has 4 aromatic rings. The molecular formula is C27H27F3N4O3S. The van der Waals surface area contributed by atoms with Crippen molar-refractivity contribution in [2.24, 2.45) is 0 Å². The number of ether oxygens (including phenoxy) is 2. The van der Waals surface area contributed by atoms with Gasteiger partial charge in [0.1, 0.15) is 41.2 Å². The van der Waals surface area contributed by atoms with Crippen LogP contribution in [0.15, 0.2) is 66.3 Å². The van der Waals surface area contributed by atoms with Gasteiger partial charge < -0.3 is 24.8 Å². The molecule has 1 unspecified atom stereocenters. The molecule has 11 heteroatoms. The average molecular weight is 545 g/mol. The fourth-order valence-corrected chi connectivity index (χ4v) is 5.55. The summed E-state index contributed by atoms with van der Waals surface area (Å²) in [4.78, 5) is 12.2. The second kappa shape index (κ2) is 11.5. The fraction of sp³-hybridized carbons (Fsp3) is 0.333. The number of aliphatic hydroxyl groups is 1. The Balaban J connectivity index is 1.36. The molecule has 2 aromatic heterocycles. The number of fused-ring (bicyclic) bond motifs is 1. The van der Waals surface area contributed by atoms with Crippen LogP contribution in [-0.4, -0.2) is 59.8 Å². The summed E-state index contributed by atoms with van der Waals surface area (Å²) in [6, 6.07) is 15.3. The van der Waals surface area contributed by atoms with Crippen molar-refractivity contribution in [1.82, 2.24) is 15.3 Å². The third kappa shape index (κ3) is 6.35. The summed E-state index contributed by atoms with van der Waals surface area (Å²) in [5.74, 6) is 0.774. The molecule has 2 N–H and O–H groups in total. The summed E-state index contributed by atoms with van der Waals surface area (Å²) >= 11 is 1.56. The van der Waals surface area contributed by atoms with E-state index in [1.807, 2.05) is 18.2 Å². The molecule has 1 atom stereocenters. The van der Waals surface area contributed by atoms with Gasteiger partial charge >= 0.3 is 6.36 Å². The number of halogens is 3. The Kier molecular flexibility index (Phi) is 7.96. The largest absolute Gasteiger partial charge is 0.573 e. The maximum absolute atomic E-state index is 12.4. The van der Waals surface area contributed by atoms with Crippen molar-refractivity contribution in [1.29, 1.82) is 0 Å². The van der Waals surface area contributed by atoms with E-state index >= 15 is 0 Å². The van der Waals surface area contributed by atoms with Crippen LogP contribution in [0.5, 0.6) is 11.5 Å². The number of nitrogens with zero attached hydrogens (tertiary/aromatic N) is 3. The number of aliphatic hydroxyl groups excluding tert-OH is 1. The van der Waals surface area contributed by atoms with Crippen molar-refractivity contribution in [2.45, 2.75) is 31.3 Å².